The van der Waals surface area contributed by atoms with Gasteiger partial charge in [-0.25, -0.2) is 18.5 Å². The highest BCUT2D eigenvalue weighted by Crippen LogP contribution is 2.16. The van der Waals surface area contributed by atoms with Crippen LogP contribution in [0.2, 0.25) is 0 Å². The highest BCUT2D eigenvalue weighted by atomic mass is 32.2. The van der Waals surface area contributed by atoms with Crippen molar-refractivity contribution in [2.45, 2.75) is 26.4 Å². The number of hydrogen-bond donors (Lipinski definition) is 2. The van der Waals surface area contributed by atoms with Crippen molar-refractivity contribution in [3.05, 3.63) is 30.1 Å². The second kappa shape index (κ2) is 6.34. The number of nitrogens with one attached hydrogen (secondary N) is 1. The fourth-order valence-electron chi connectivity index (χ4n) is 2.15. The van der Waals surface area contributed by atoms with Gasteiger partial charge in [0.15, 0.2) is 0 Å². The highest BCUT2D eigenvalue weighted by molar-refractivity contribution is 7.89. The molecule has 0 atom stereocenters. The highest BCUT2D eigenvalue weighted by Gasteiger charge is 2.09. The first-order valence-corrected chi connectivity index (χ1v) is 8.38. The first-order chi connectivity index (χ1) is 9.51. The molecule has 0 aliphatic carbocycles. The lowest BCUT2D eigenvalue weighted by Crippen LogP contribution is -2.27. The zero-order valence-electron chi connectivity index (χ0n) is 11.5. The molecule has 1 heterocycles. The second-order valence-corrected chi connectivity index (χ2v) is 6.45. The Morgan fingerprint density at radius 1 is 1.35 bits per heavy atom. The van der Waals surface area contributed by atoms with Crippen molar-refractivity contribution in [3.63, 3.8) is 0 Å². The molecule has 20 heavy (non-hydrogen) atoms. The van der Waals surface area contributed by atoms with Gasteiger partial charge in [0.2, 0.25) is 10.0 Å². The minimum absolute atomic E-state index is 0.0684. The summed E-state index contributed by atoms with van der Waals surface area (Å²) in [6, 6.07) is 7.99. The van der Waals surface area contributed by atoms with Crippen LogP contribution in [0.3, 0.4) is 0 Å². The van der Waals surface area contributed by atoms with Gasteiger partial charge in [-0.3, -0.25) is 0 Å². The summed E-state index contributed by atoms with van der Waals surface area (Å²) in [5.74, 6) is 0.851. The van der Waals surface area contributed by atoms with Crippen LogP contribution in [-0.4, -0.2) is 30.3 Å². The lowest BCUT2D eigenvalue weighted by Gasteiger charge is -2.08. The lowest BCUT2D eigenvalue weighted by atomic mass is 10.3. The molecule has 0 radical (unpaired) electrons. The minimum atomic E-state index is -3.41. The Hall–Kier alpha value is -1.44. The van der Waals surface area contributed by atoms with Gasteiger partial charge in [0.25, 0.3) is 0 Å². The van der Waals surface area contributed by atoms with Gasteiger partial charge in [0.05, 0.1) is 23.3 Å². The largest absolute Gasteiger partial charge is 0.327 e. The molecule has 6 nitrogen and oxygen atoms in total. The standard InChI is InChI=1S/C13H20N4O2S/c1-2-8-17-12-6-4-3-5-11(12)16-13(17)10-15-7-9-20(14,18)19/h3-6,15H,2,7-10H2,1H3,(H2,14,18,19). The van der Waals surface area contributed by atoms with E-state index in [1.165, 1.54) is 0 Å². The maximum Gasteiger partial charge on any atom is 0.210 e. The maximum atomic E-state index is 10.9. The number of para-hydroxylation sites is 2. The predicted molar refractivity (Wildman–Crippen MR) is 79.7 cm³/mol. The molecule has 1 aromatic carbocycles. The third-order valence-corrected chi connectivity index (χ3v) is 3.80. The van der Waals surface area contributed by atoms with Crippen LogP contribution in [0.25, 0.3) is 11.0 Å². The molecule has 7 heteroatoms. The topological polar surface area (TPSA) is 90.0 Å². The van der Waals surface area contributed by atoms with Crippen molar-refractivity contribution in [1.82, 2.24) is 14.9 Å². The number of fused-ring (bicyclic) bond motifs is 1. The fourth-order valence-corrected chi connectivity index (χ4v) is 2.58. The summed E-state index contributed by atoms with van der Waals surface area (Å²) in [7, 11) is -3.41. The van der Waals surface area contributed by atoms with E-state index in [0.717, 1.165) is 29.8 Å². The molecule has 0 amide bonds. The van der Waals surface area contributed by atoms with E-state index in [1.54, 1.807) is 0 Å². The monoisotopic (exact) mass is 296 g/mol. The van der Waals surface area contributed by atoms with Crippen LogP contribution < -0.4 is 10.5 Å². The molecule has 110 valence electrons. The summed E-state index contributed by atoms with van der Waals surface area (Å²) in [5, 5.41) is 8.04. The number of nitrogens with zero attached hydrogens (tertiary/aromatic N) is 2. The van der Waals surface area contributed by atoms with Crippen LogP contribution >= 0.6 is 0 Å². The number of aryl methyl sites for hydroxylation is 1. The summed E-state index contributed by atoms with van der Waals surface area (Å²) < 4.78 is 23.9. The van der Waals surface area contributed by atoms with E-state index >= 15 is 0 Å². The average molecular weight is 296 g/mol. The summed E-state index contributed by atoms with van der Waals surface area (Å²) >= 11 is 0. The molecular weight excluding hydrogens is 276 g/mol. The molecule has 1 aromatic heterocycles. The van der Waals surface area contributed by atoms with Crippen LogP contribution in [0.1, 0.15) is 19.2 Å². The number of sulfonamides is 1. The van der Waals surface area contributed by atoms with Gasteiger partial charge < -0.3 is 9.88 Å². The van der Waals surface area contributed by atoms with E-state index in [9.17, 15) is 8.42 Å². The first kappa shape index (κ1) is 15.0. The SMILES string of the molecule is CCCn1c(CNCCS(N)(=O)=O)nc2ccccc21. The van der Waals surface area contributed by atoms with Crippen molar-refractivity contribution >= 4 is 21.1 Å². The molecule has 2 rings (SSSR count). The Bertz CT molecular complexity index is 679. The Morgan fingerprint density at radius 3 is 2.80 bits per heavy atom. The molecule has 0 saturated carbocycles. The van der Waals surface area contributed by atoms with Crippen LogP contribution in [0.15, 0.2) is 24.3 Å². The van der Waals surface area contributed by atoms with Crippen LogP contribution in [0.5, 0.6) is 0 Å². The van der Waals surface area contributed by atoms with Gasteiger partial charge in [0.1, 0.15) is 5.82 Å². The molecule has 0 spiro atoms. The second-order valence-electron chi connectivity index (χ2n) is 4.71. The molecule has 2 aromatic rings. The van der Waals surface area contributed by atoms with Crippen molar-refractivity contribution < 1.29 is 8.42 Å². The fraction of sp³-hybridized carbons (Fsp3) is 0.462. The lowest BCUT2D eigenvalue weighted by molar-refractivity contribution is 0.584. The first-order valence-electron chi connectivity index (χ1n) is 6.66. The van der Waals surface area contributed by atoms with Crippen molar-refractivity contribution in [2.75, 3.05) is 12.3 Å². The normalized spacial score (nSPS) is 12.1. The summed E-state index contributed by atoms with van der Waals surface area (Å²) in [6.45, 7) is 3.87. The van der Waals surface area contributed by atoms with Crippen LogP contribution in [0.4, 0.5) is 0 Å². The Balaban J connectivity index is 2.10. The van der Waals surface area contributed by atoms with Gasteiger partial charge in [-0.05, 0) is 18.6 Å². The van der Waals surface area contributed by atoms with E-state index in [2.05, 4.69) is 21.8 Å². The minimum Gasteiger partial charge on any atom is -0.327 e. The summed E-state index contributed by atoms with van der Waals surface area (Å²) in [5.41, 5.74) is 2.07. The summed E-state index contributed by atoms with van der Waals surface area (Å²) in [6.07, 6.45) is 1.02. The molecule has 0 bridgehead atoms. The zero-order chi connectivity index (χ0) is 14.6. The Kier molecular flexibility index (Phi) is 4.74. The number of rotatable bonds is 7. The van der Waals surface area contributed by atoms with E-state index in [4.69, 9.17) is 5.14 Å². The van der Waals surface area contributed by atoms with E-state index in [1.807, 2.05) is 24.3 Å². The number of benzene rings is 1. The van der Waals surface area contributed by atoms with Gasteiger partial charge in [-0.1, -0.05) is 19.1 Å². The van der Waals surface area contributed by atoms with Crippen molar-refractivity contribution in [3.8, 4) is 0 Å². The van der Waals surface area contributed by atoms with Gasteiger partial charge in [-0.2, -0.15) is 0 Å². The number of primary sulfonamides is 1. The molecular formula is C13H20N4O2S. The number of nitrogens with two attached hydrogens (primary N) is 1. The molecule has 0 aliphatic rings. The Labute approximate surface area is 119 Å². The third kappa shape index (κ3) is 3.78. The average Bonchev–Trinajstić information content (AvgIpc) is 2.73. The van der Waals surface area contributed by atoms with Gasteiger partial charge >= 0.3 is 0 Å². The number of hydrogen-bond acceptors (Lipinski definition) is 4. The smallest absolute Gasteiger partial charge is 0.210 e. The predicted octanol–water partition coefficient (Wildman–Crippen LogP) is 0.824. The van der Waals surface area contributed by atoms with Crippen molar-refractivity contribution in [1.29, 1.82) is 0 Å². The number of aromatic nitrogens is 2. The number of imidazole rings is 1. The maximum absolute atomic E-state index is 10.9. The molecule has 3 N–H and O–H groups in total. The summed E-state index contributed by atoms with van der Waals surface area (Å²) in [4.78, 5) is 4.59. The van der Waals surface area contributed by atoms with Gasteiger partial charge in [0, 0.05) is 13.1 Å². The third-order valence-electron chi connectivity index (χ3n) is 3.03. The zero-order valence-corrected chi connectivity index (χ0v) is 12.4. The quantitative estimate of drug-likeness (QED) is 0.740. The molecule has 0 unspecified atom stereocenters. The molecule has 0 aliphatic heterocycles. The van der Waals surface area contributed by atoms with E-state index in [0.29, 0.717) is 13.1 Å². The van der Waals surface area contributed by atoms with E-state index < -0.39 is 10.0 Å². The molecule has 0 fully saturated rings. The van der Waals surface area contributed by atoms with Crippen LogP contribution in [0, 0.1) is 0 Å². The van der Waals surface area contributed by atoms with E-state index in [-0.39, 0.29) is 5.75 Å². The Morgan fingerprint density at radius 2 is 2.10 bits per heavy atom. The molecule has 0 saturated heterocycles. The van der Waals surface area contributed by atoms with Gasteiger partial charge in [-0.15, -0.1) is 0 Å². The van der Waals surface area contributed by atoms with Crippen molar-refractivity contribution in [2.24, 2.45) is 5.14 Å². The van der Waals surface area contributed by atoms with Crippen LogP contribution in [-0.2, 0) is 23.1 Å².